The number of nitrogens with one attached hydrogen (secondary N) is 1. The molecule has 23 heavy (non-hydrogen) atoms. The fraction of sp³-hybridized carbons (Fsp3) is 0.0588. The molecule has 0 saturated heterocycles. The first-order valence-electron chi connectivity index (χ1n) is 6.92. The largest absolute Gasteiger partial charge is 0.484 e. The second kappa shape index (κ2) is 6.50. The van der Waals surface area contributed by atoms with E-state index in [1.54, 1.807) is 30.3 Å². The summed E-state index contributed by atoms with van der Waals surface area (Å²) in [6.07, 6.45) is 0. The molecule has 6 heteroatoms. The van der Waals surface area contributed by atoms with Gasteiger partial charge in [0.05, 0.1) is 5.56 Å². The normalized spacial score (nSPS) is 10.4. The van der Waals surface area contributed by atoms with Crippen molar-refractivity contribution >= 4 is 38.9 Å². The maximum absolute atomic E-state index is 12.5. The van der Waals surface area contributed by atoms with Gasteiger partial charge in [0, 0.05) is 16.5 Å². The molecule has 3 aromatic rings. The molecular weight excluding hydrogens is 312 g/mol. The molecule has 2 amide bonds. The molecule has 0 bridgehead atoms. The fourth-order valence-electron chi connectivity index (χ4n) is 2.19. The number of hydrogen-bond acceptors (Lipinski definition) is 4. The lowest BCUT2D eigenvalue weighted by molar-refractivity contribution is -0.119. The lowest BCUT2D eigenvalue weighted by Gasteiger charge is -2.09. The molecule has 3 rings (SSSR count). The molecule has 0 aliphatic heterocycles. The first kappa shape index (κ1) is 15.1. The summed E-state index contributed by atoms with van der Waals surface area (Å²) in [5, 5.41) is 5.84. The summed E-state index contributed by atoms with van der Waals surface area (Å²) in [6, 6.07) is 14.4. The van der Waals surface area contributed by atoms with Crippen LogP contribution in [0.3, 0.4) is 0 Å². The molecule has 116 valence electrons. The van der Waals surface area contributed by atoms with Crippen molar-refractivity contribution in [2.45, 2.75) is 0 Å². The zero-order chi connectivity index (χ0) is 16.2. The minimum Gasteiger partial charge on any atom is -0.484 e. The van der Waals surface area contributed by atoms with Crippen LogP contribution in [0, 0.1) is 0 Å². The summed E-state index contributed by atoms with van der Waals surface area (Å²) < 4.78 is 6.18. The lowest BCUT2D eigenvalue weighted by Crippen LogP contribution is -2.20. The van der Waals surface area contributed by atoms with E-state index in [4.69, 9.17) is 10.5 Å². The maximum atomic E-state index is 12.5. The number of thiophene rings is 1. The predicted octanol–water partition coefficient (Wildman–Crippen LogP) is 3.02. The van der Waals surface area contributed by atoms with E-state index < -0.39 is 5.91 Å². The summed E-state index contributed by atoms with van der Waals surface area (Å²) >= 11 is 1.53. The van der Waals surface area contributed by atoms with Gasteiger partial charge in [0.2, 0.25) is 0 Å². The van der Waals surface area contributed by atoms with Crippen LogP contribution >= 0.6 is 11.3 Å². The SMILES string of the molecule is NC(=O)COc1cccc(NC(=O)c2cccc3ccsc23)c1. The quantitative estimate of drug-likeness (QED) is 0.756. The van der Waals surface area contributed by atoms with Gasteiger partial charge in [-0.05, 0) is 35.0 Å². The van der Waals surface area contributed by atoms with Crippen LogP contribution in [0.25, 0.3) is 10.1 Å². The van der Waals surface area contributed by atoms with Crippen LogP contribution in [0.1, 0.15) is 10.4 Å². The lowest BCUT2D eigenvalue weighted by atomic mass is 10.1. The van der Waals surface area contributed by atoms with Crippen LogP contribution in [0.2, 0.25) is 0 Å². The van der Waals surface area contributed by atoms with Crippen molar-refractivity contribution < 1.29 is 14.3 Å². The zero-order valence-electron chi connectivity index (χ0n) is 12.1. The first-order valence-corrected chi connectivity index (χ1v) is 7.80. The highest BCUT2D eigenvalue weighted by Crippen LogP contribution is 2.26. The molecule has 5 nitrogen and oxygen atoms in total. The molecule has 0 saturated carbocycles. The summed E-state index contributed by atoms with van der Waals surface area (Å²) in [4.78, 5) is 23.2. The number of hydrogen-bond donors (Lipinski definition) is 2. The first-order chi connectivity index (χ1) is 11.1. The number of carbonyl (C=O) groups is 2. The molecule has 0 spiro atoms. The topological polar surface area (TPSA) is 81.4 Å². The number of fused-ring (bicyclic) bond motifs is 1. The zero-order valence-corrected chi connectivity index (χ0v) is 12.9. The number of amides is 2. The minimum absolute atomic E-state index is 0.190. The molecule has 0 radical (unpaired) electrons. The minimum atomic E-state index is -0.552. The summed E-state index contributed by atoms with van der Waals surface area (Å²) in [7, 11) is 0. The highest BCUT2D eigenvalue weighted by molar-refractivity contribution is 7.17. The number of ether oxygens (including phenoxy) is 1. The monoisotopic (exact) mass is 326 g/mol. The van der Waals surface area contributed by atoms with Gasteiger partial charge in [0.25, 0.3) is 11.8 Å². The van der Waals surface area contributed by atoms with Gasteiger partial charge in [-0.3, -0.25) is 9.59 Å². The Labute approximate surface area is 136 Å². The second-order valence-electron chi connectivity index (χ2n) is 4.88. The van der Waals surface area contributed by atoms with E-state index in [2.05, 4.69) is 5.32 Å². The molecule has 0 aliphatic carbocycles. The van der Waals surface area contributed by atoms with Crippen molar-refractivity contribution in [1.82, 2.24) is 0 Å². The van der Waals surface area contributed by atoms with Crippen LogP contribution in [0.15, 0.2) is 53.9 Å². The Balaban J connectivity index is 1.79. The van der Waals surface area contributed by atoms with Gasteiger partial charge < -0.3 is 15.8 Å². The molecule has 0 fully saturated rings. The average molecular weight is 326 g/mol. The van der Waals surface area contributed by atoms with Gasteiger partial charge >= 0.3 is 0 Å². The fourth-order valence-corrected chi connectivity index (χ4v) is 3.10. The van der Waals surface area contributed by atoms with E-state index in [1.165, 1.54) is 11.3 Å². The molecule has 1 aromatic heterocycles. The van der Waals surface area contributed by atoms with E-state index in [1.807, 2.05) is 23.6 Å². The van der Waals surface area contributed by atoms with Crippen molar-refractivity contribution in [1.29, 1.82) is 0 Å². The Morgan fingerprint density at radius 1 is 1.13 bits per heavy atom. The van der Waals surface area contributed by atoms with Gasteiger partial charge in [-0.25, -0.2) is 0 Å². The number of rotatable bonds is 5. The van der Waals surface area contributed by atoms with Crippen molar-refractivity contribution in [2.75, 3.05) is 11.9 Å². The third kappa shape index (κ3) is 3.49. The van der Waals surface area contributed by atoms with Crippen LogP contribution < -0.4 is 15.8 Å². The van der Waals surface area contributed by atoms with Gasteiger partial charge in [-0.15, -0.1) is 11.3 Å². The summed E-state index contributed by atoms with van der Waals surface area (Å²) in [5.74, 6) is -0.273. The van der Waals surface area contributed by atoms with Gasteiger partial charge in [0.15, 0.2) is 6.61 Å². The van der Waals surface area contributed by atoms with Crippen molar-refractivity contribution in [3.8, 4) is 5.75 Å². The van der Waals surface area contributed by atoms with Crippen molar-refractivity contribution in [3.63, 3.8) is 0 Å². The van der Waals surface area contributed by atoms with Crippen LogP contribution in [0.4, 0.5) is 5.69 Å². The Kier molecular flexibility index (Phi) is 4.25. The smallest absolute Gasteiger partial charge is 0.257 e. The number of carbonyl (C=O) groups excluding carboxylic acids is 2. The van der Waals surface area contributed by atoms with Gasteiger partial charge in [0.1, 0.15) is 5.75 Å². The van der Waals surface area contributed by atoms with Crippen molar-refractivity contribution in [2.24, 2.45) is 5.73 Å². The average Bonchev–Trinajstić information content (AvgIpc) is 3.01. The molecule has 0 atom stereocenters. The number of nitrogens with two attached hydrogens (primary N) is 1. The molecule has 2 aromatic carbocycles. The Morgan fingerprint density at radius 2 is 1.96 bits per heavy atom. The highest BCUT2D eigenvalue weighted by Gasteiger charge is 2.11. The van der Waals surface area contributed by atoms with E-state index in [9.17, 15) is 9.59 Å². The third-order valence-electron chi connectivity index (χ3n) is 3.20. The Hall–Kier alpha value is -2.86. The third-order valence-corrected chi connectivity index (χ3v) is 4.16. The van der Waals surface area contributed by atoms with E-state index in [0.29, 0.717) is 17.0 Å². The van der Waals surface area contributed by atoms with Gasteiger partial charge in [-0.1, -0.05) is 18.2 Å². The molecule has 0 aliphatic rings. The molecule has 1 heterocycles. The van der Waals surface area contributed by atoms with Crippen molar-refractivity contribution in [3.05, 3.63) is 59.5 Å². The second-order valence-corrected chi connectivity index (χ2v) is 5.80. The number of anilines is 1. The van der Waals surface area contributed by atoms with E-state index in [0.717, 1.165) is 10.1 Å². The number of benzene rings is 2. The standard InChI is InChI=1S/C17H14N2O3S/c18-15(20)10-22-13-5-2-4-12(9-13)19-17(21)14-6-1-3-11-7-8-23-16(11)14/h1-9H,10H2,(H2,18,20)(H,19,21). The number of primary amides is 1. The van der Waals surface area contributed by atoms with Crippen LogP contribution in [0.5, 0.6) is 5.75 Å². The van der Waals surface area contributed by atoms with Gasteiger partial charge in [-0.2, -0.15) is 0 Å². The Morgan fingerprint density at radius 3 is 2.78 bits per heavy atom. The molecule has 3 N–H and O–H groups in total. The Bertz CT molecular complexity index is 873. The summed E-state index contributed by atoms with van der Waals surface area (Å²) in [6.45, 7) is -0.202. The van der Waals surface area contributed by atoms with Crippen LogP contribution in [-0.4, -0.2) is 18.4 Å². The van der Waals surface area contributed by atoms with E-state index in [-0.39, 0.29) is 12.5 Å². The highest BCUT2D eigenvalue weighted by atomic mass is 32.1. The predicted molar refractivity (Wildman–Crippen MR) is 90.9 cm³/mol. The summed E-state index contributed by atoms with van der Waals surface area (Å²) in [5.41, 5.74) is 6.26. The maximum Gasteiger partial charge on any atom is 0.257 e. The van der Waals surface area contributed by atoms with E-state index >= 15 is 0 Å². The molecule has 0 unspecified atom stereocenters. The molecular formula is C17H14N2O3S. The van der Waals surface area contributed by atoms with Crippen LogP contribution in [-0.2, 0) is 4.79 Å².